The van der Waals surface area contributed by atoms with Crippen LogP contribution in [0.2, 0.25) is 0 Å². The number of nitrogens with one attached hydrogen (secondary N) is 1. The Kier molecular flexibility index (Phi) is 4.08. The van der Waals surface area contributed by atoms with Crippen molar-refractivity contribution in [2.75, 3.05) is 5.32 Å². The van der Waals surface area contributed by atoms with Crippen LogP contribution in [0, 0.1) is 13.8 Å². The topological polar surface area (TPSA) is 55.6 Å². The van der Waals surface area contributed by atoms with E-state index in [1.165, 1.54) is 17.5 Å². The minimum atomic E-state index is 0.261. The first kappa shape index (κ1) is 16.9. The monoisotopic (exact) mass is 369 g/mol. The second-order valence-electron chi connectivity index (χ2n) is 7.52. The largest absolute Gasteiger partial charge is 0.363 e. The van der Waals surface area contributed by atoms with E-state index in [0.29, 0.717) is 5.95 Å². The fourth-order valence-corrected chi connectivity index (χ4v) is 4.17. The maximum absolute atomic E-state index is 4.89. The van der Waals surface area contributed by atoms with Crippen molar-refractivity contribution in [3.05, 3.63) is 77.1 Å². The normalized spacial score (nSPS) is 16.1. The molecule has 1 aliphatic rings. The standard InChI is InChI=1S/C23H23N5/c1-15-14-16(2)28(27-15)23-25-21-12-6-5-11-19(21)22(26-23)24-20-13-7-9-17-8-3-4-10-18(17)20/h3-6,8,10-12,14,20H,7,9,13H2,1-2H3,(H,24,25,26). The Morgan fingerprint density at radius 1 is 1.00 bits per heavy atom. The molecular formula is C23H23N5. The van der Waals surface area contributed by atoms with Crippen LogP contribution in [0.4, 0.5) is 5.82 Å². The third-order valence-corrected chi connectivity index (χ3v) is 5.47. The smallest absolute Gasteiger partial charge is 0.253 e. The first-order valence-electron chi connectivity index (χ1n) is 9.84. The minimum Gasteiger partial charge on any atom is -0.363 e. The molecule has 2 aromatic heterocycles. The molecule has 2 heterocycles. The van der Waals surface area contributed by atoms with Crippen molar-refractivity contribution in [2.24, 2.45) is 0 Å². The minimum absolute atomic E-state index is 0.261. The maximum Gasteiger partial charge on any atom is 0.253 e. The van der Waals surface area contributed by atoms with Crippen LogP contribution in [0.25, 0.3) is 16.9 Å². The predicted octanol–water partition coefficient (Wildman–Crippen LogP) is 4.92. The highest BCUT2D eigenvalue weighted by atomic mass is 15.4. The van der Waals surface area contributed by atoms with E-state index < -0.39 is 0 Å². The summed E-state index contributed by atoms with van der Waals surface area (Å²) in [7, 11) is 0. The number of aromatic nitrogens is 4. The van der Waals surface area contributed by atoms with Gasteiger partial charge in [-0.2, -0.15) is 10.1 Å². The van der Waals surface area contributed by atoms with Gasteiger partial charge in [0.2, 0.25) is 0 Å². The van der Waals surface area contributed by atoms with Crippen LogP contribution in [0.3, 0.4) is 0 Å². The molecule has 2 aromatic carbocycles. The molecule has 140 valence electrons. The summed E-state index contributed by atoms with van der Waals surface area (Å²) >= 11 is 0. The number of aryl methyl sites for hydroxylation is 3. The summed E-state index contributed by atoms with van der Waals surface area (Å²) in [5, 5.41) is 9.34. The van der Waals surface area contributed by atoms with Gasteiger partial charge in [0.25, 0.3) is 5.95 Å². The molecule has 1 atom stereocenters. The van der Waals surface area contributed by atoms with Crippen LogP contribution in [0.1, 0.15) is 41.4 Å². The van der Waals surface area contributed by atoms with E-state index in [1.807, 2.05) is 42.8 Å². The molecule has 1 N–H and O–H groups in total. The van der Waals surface area contributed by atoms with Gasteiger partial charge < -0.3 is 5.32 Å². The molecule has 1 unspecified atom stereocenters. The van der Waals surface area contributed by atoms with E-state index in [9.17, 15) is 0 Å². The number of hydrogen-bond donors (Lipinski definition) is 1. The first-order valence-corrected chi connectivity index (χ1v) is 9.84. The quantitative estimate of drug-likeness (QED) is 0.557. The summed E-state index contributed by atoms with van der Waals surface area (Å²) in [6.45, 7) is 4.02. The Morgan fingerprint density at radius 2 is 1.82 bits per heavy atom. The molecular weight excluding hydrogens is 346 g/mol. The molecule has 5 rings (SSSR count). The van der Waals surface area contributed by atoms with Crippen LogP contribution in [0.5, 0.6) is 0 Å². The van der Waals surface area contributed by atoms with Gasteiger partial charge in [0.05, 0.1) is 17.3 Å². The SMILES string of the molecule is Cc1cc(C)n(-c2nc(NC3CCCc4ccccc43)c3ccccc3n2)n1. The van der Waals surface area contributed by atoms with Gasteiger partial charge in [0, 0.05) is 11.1 Å². The van der Waals surface area contributed by atoms with E-state index in [2.05, 4.69) is 40.7 Å². The highest BCUT2D eigenvalue weighted by Crippen LogP contribution is 2.34. The molecule has 0 amide bonds. The molecule has 4 aromatic rings. The fourth-order valence-electron chi connectivity index (χ4n) is 4.17. The molecule has 0 bridgehead atoms. The Balaban J connectivity index is 1.62. The zero-order chi connectivity index (χ0) is 19.1. The predicted molar refractivity (Wildman–Crippen MR) is 112 cm³/mol. The summed E-state index contributed by atoms with van der Waals surface area (Å²) in [5.74, 6) is 1.48. The zero-order valence-corrected chi connectivity index (χ0v) is 16.2. The molecule has 1 aliphatic carbocycles. The lowest BCUT2D eigenvalue weighted by Crippen LogP contribution is -2.19. The lowest BCUT2D eigenvalue weighted by Gasteiger charge is -2.27. The van der Waals surface area contributed by atoms with E-state index >= 15 is 0 Å². The lowest BCUT2D eigenvalue weighted by molar-refractivity contribution is 0.598. The third kappa shape index (κ3) is 2.93. The molecule has 0 fully saturated rings. The number of benzene rings is 2. The fraction of sp³-hybridized carbons (Fsp3) is 0.261. The van der Waals surface area contributed by atoms with Crippen molar-refractivity contribution in [1.82, 2.24) is 19.7 Å². The van der Waals surface area contributed by atoms with Gasteiger partial charge in [-0.15, -0.1) is 0 Å². The summed E-state index contributed by atoms with van der Waals surface area (Å²) < 4.78 is 1.82. The van der Waals surface area contributed by atoms with E-state index in [0.717, 1.165) is 41.0 Å². The van der Waals surface area contributed by atoms with E-state index in [4.69, 9.17) is 9.97 Å². The van der Waals surface area contributed by atoms with Gasteiger partial charge in [-0.3, -0.25) is 0 Å². The van der Waals surface area contributed by atoms with E-state index in [-0.39, 0.29) is 6.04 Å². The molecule has 28 heavy (non-hydrogen) atoms. The van der Waals surface area contributed by atoms with Gasteiger partial charge >= 0.3 is 0 Å². The number of para-hydroxylation sites is 1. The number of fused-ring (bicyclic) bond motifs is 2. The van der Waals surface area contributed by atoms with Crippen molar-refractivity contribution in [1.29, 1.82) is 0 Å². The van der Waals surface area contributed by atoms with Crippen LogP contribution in [-0.4, -0.2) is 19.7 Å². The number of hydrogen-bond acceptors (Lipinski definition) is 4. The van der Waals surface area contributed by atoms with Crippen LogP contribution < -0.4 is 5.32 Å². The summed E-state index contributed by atoms with van der Waals surface area (Å²) in [4.78, 5) is 9.66. The van der Waals surface area contributed by atoms with Gasteiger partial charge in [0.15, 0.2) is 0 Å². The van der Waals surface area contributed by atoms with Crippen LogP contribution in [0.15, 0.2) is 54.6 Å². The van der Waals surface area contributed by atoms with Gasteiger partial charge in [-0.25, -0.2) is 9.67 Å². The molecule has 0 aliphatic heterocycles. The molecule has 0 radical (unpaired) electrons. The summed E-state index contributed by atoms with van der Waals surface area (Å²) in [6, 6.07) is 19.2. The Morgan fingerprint density at radius 3 is 2.68 bits per heavy atom. The van der Waals surface area contributed by atoms with Crippen molar-refractivity contribution < 1.29 is 0 Å². The molecule has 0 saturated carbocycles. The second kappa shape index (κ2) is 6.75. The van der Waals surface area contributed by atoms with Crippen molar-refractivity contribution in [3.63, 3.8) is 0 Å². The van der Waals surface area contributed by atoms with Crippen molar-refractivity contribution in [2.45, 2.75) is 39.2 Å². The Bertz CT molecular complexity index is 1160. The van der Waals surface area contributed by atoms with Crippen LogP contribution >= 0.6 is 0 Å². The highest BCUT2D eigenvalue weighted by molar-refractivity contribution is 5.89. The van der Waals surface area contributed by atoms with Gasteiger partial charge in [0.1, 0.15) is 5.82 Å². The lowest BCUT2D eigenvalue weighted by atomic mass is 9.88. The molecule has 0 spiro atoms. The average molecular weight is 369 g/mol. The molecule has 5 nitrogen and oxygen atoms in total. The average Bonchev–Trinajstić information content (AvgIpc) is 3.06. The van der Waals surface area contributed by atoms with Crippen LogP contribution in [-0.2, 0) is 6.42 Å². The molecule has 0 saturated heterocycles. The number of nitrogens with zero attached hydrogens (tertiary/aromatic N) is 4. The van der Waals surface area contributed by atoms with Crippen molar-refractivity contribution in [3.8, 4) is 5.95 Å². The van der Waals surface area contributed by atoms with Gasteiger partial charge in [-0.05, 0) is 62.4 Å². The number of rotatable bonds is 3. The molecule has 5 heteroatoms. The second-order valence-corrected chi connectivity index (χ2v) is 7.52. The maximum atomic E-state index is 4.89. The zero-order valence-electron chi connectivity index (χ0n) is 16.2. The van der Waals surface area contributed by atoms with E-state index in [1.54, 1.807) is 0 Å². The summed E-state index contributed by atoms with van der Waals surface area (Å²) in [5.41, 5.74) is 5.73. The Hall–Kier alpha value is -3.21. The Labute approximate surface area is 164 Å². The summed E-state index contributed by atoms with van der Waals surface area (Å²) in [6.07, 6.45) is 3.43. The number of anilines is 1. The highest BCUT2D eigenvalue weighted by Gasteiger charge is 2.21. The van der Waals surface area contributed by atoms with Gasteiger partial charge in [-0.1, -0.05) is 36.4 Å². The van der Waals surface area contributed by atoms with Crippen molar-refractivity contribution >= 4 is 16.7 Å². The third-order valence-electron chi connectivity index (χ3n) is 5.47. The first-order chi connectivity index (χ1) is 13.7.